The first-order valence-electron chi connectivity index (χ1n) is 17.3. The van der Waals surface area contributed by atoms with E-state index in [2.05, 4.69) is 28.1 Å². The van der Waals surface area contributed by atoms with Crippen LogP contribution in [0.25, 0.3) is 33.2 Å². The normalized spacial score (nSPS) is 25.1. The van der Waals surface area contributed by atoms with Gasteiger partial charge in [-0.05, 0) is 80.0 Å². The van der Waals surface area contributed by atoms with Crippen LogP contribution in [-0.2, 0) is 11.2 Å². The minimum Gasteiger partial charge on any atom is -0.508 e. The zero-order valence-corrected chi connectivity index (χ0v) is 28.0. The second kappa shape index (κ2) is 12.3. The number of phenols is 1. The average Bonchev–Trinajstić information content (AvgIpc) is 3.77. The summed E-state index contributed by atoms with van der Waals surface area (Å²) >= 11 is 0. The number of aromatic nitrogens is 4. The minimum atomic E-state index is -0.313. The van der Waals surface area contributed by atoms with Crippen LogP contribution in [-0.4, -0.2) is 112 Å². The fourth-order valence-corrected chi connectivity index (χ4v) is 8.53. The Labute approximate surface area is 280 Å². The van der Waals surface area contributed by atoms with Crippen molar-refractivity contribution >= 4 is 33.7 Å². The van der Waals surface area contributed by atoms with E-state index < -0.39 is 0 Å². The van der Waals surface area contributed by atoms with E-state index >= 15 is 0 Å². The molecule has 48 heavy (non-hydrogen) atoms. The van der Waals surface area contributed by atoms with Crippen molar-refractivity contribution in [2.24, 2.45) is 0 Å². The summed E-state index contributed by atoms with van der Waals surface area (Å²) in [6, 6.07) is 11.0. The van der Waals surface area contributed by atoms with Crippen molar-refractivity contribution in [2.45, 2.75) is 75.5 Å². The summed E-state index contributed by atoms with van der Waals surface area (Å²) in [5, 5.41) is 17.2. The SMILES string of the molecule is CCc1cccc2cc(O)cc(-c3ncc4c(N5CC6CCC(C5)N6)nc(OC[C@]56CCCN5[C@@H](COC(=O)N(C)C)CC6)nc4n3)c12. The first kappa shape index (κ1) is 31.0. The molecule has 0 aliphatic carbocycles. The highest BCUT2D eigenvalue weighted by atomic mass is 16.6. The van der Waals surface area contributed by atoms with Gasteiger partial charge >= 0.3 is 12.1 Å². The molecule has 6 heterocycles. The number of hydrogen-bond acceptors (Lipinski definition) is 11. The third kappa shape index (κ3) is 5.54. The topological polar surface area (TPSA) is 129 Å². The fourth-order valence-electron chi connectivity index (χ4n) is 8.53. The fraction of sp³-hybridized carbons (Fsp3) is 0.528. The molecular formula is C36H44N8O4. The van der Waals surface area contributed by atoms with Crippen LogP contribution in [0.15, 0.2) is 36.5 Å². The third-order valence-corrected chi connectivity index (χ3v) is 10.9. The van der Waals surface area contributed by atoms with E-state index in [4.69, 9.17) is 29.4 Å². The third-order valence-electron chi connectivity index (χ3n) is 10.9. The summed E-state index contributed by atoms with van der Waals surface area (Å²) < 4.78 is 12.2. The quantitative estimate of drug-likeness (QED) is 0.279. The Bertz CT molecular complexity index is 1860. The second-order valence-corrected chi connectivity index (χ2v) is 14.1. The summed E-state index contributed by atoms with van der Waals surface area (Å²) in [4.78, 5) is 38.2. The number of hydrogen-bond donors (Lipinski definition) is 2. The Hall–Kier alpha value is -4.29. The van der Waals surface area contributed by atoms with Gasteiger partial charge in [0.1, 0.15) is 24.8 Å². The monoisotopic (exact) mass is 652 g/mol. The molecule has 0 spiro atoms. The molecule has 12 nitrogen and oxygen atoms in total. The molecule has 2 bridgehead atoms. The number of nitrogens with zero attached hydrogens (tertiary/aromatic N) is 7. The van der Waals surface area contributed by atoms with Crippen LogP contribution in [0.5, 0.6) is 11.8 Å². The number of carbonyl (C=O) groups is 1. The van der Waals surface area contributed by atoms with Crippen molar-refractivity contribution in [2.75, 3.05) is 51.8 Å². The highest BCUT2D eigenvalue weighted by Gasteiger charge is 2.50. The number of anilines is 1. The molecule has 252 valence electrons. The van der Waals surface area contributed by atoms with Gasteiger partial charge in [-0.2, -0.15) is 9.97 Å². The molecule has 2 aromatic carbocycles. The standard InChI is InChI=1S/C36H44N8O4/c1-4-22-7-5-8-23-15-27(45)16-28(30(22)23)31-37-17-29-32(39-31)40-34(41-33(29)43-18-24-9-10-25(19-43)38-24)48-21-36-12-6-14-44(36)26(11-13-36)20-47-35(46)42(2)3/h5,7-8,15-17,24-26,38,45H,4,6,9-14,18-21H2,1-3H3/t24?,25?,26-,36-/m1/s1. The summed E-state index contributed by atoms with van der Waals surface area (Å²) in [5.41, 5.74) is 2.33. The molecule has 2 aromatic heterocycles. The molecule has 1 amide bonds. The summed E-state index contributed by atoms with van der Waals surface area (Å²) in [5.74, 6) is 1.48. The van der Waals surface area contributed by atoms with Crippen LogP contribution in [0.3, 0.4) is 0 Å². The van der Waals surface area contributed by atoms with Gasteiger partial charge in [-0.25, -0.2) is 14.8 Å². The highest BCUT2D eigenvalue weighted by Crippen LogP contribution is 2.43. The number of aryl methyl sites for hydroxylation is 1. The predicted molar refractivity (Wildman–Crippen MR) is 183 cm³/mol. The van der Waals surface area contributed by atoms with E-state index in [1.165, 1.54) is 10.5 Å². The maximum absolute atomic E-state index is 12.1. The molecule has 4 aliphatic heterocycles. The molecule has 12 heteroatoms. The van der Waals surface area contributed by atoms with E-state index in [-0.39, 0.29) is 23.4 Å². The molecule has 0 radical (unpaired) electrons. The Morgan fingerprint density at radius 2 is 1.94 bits per heavy atom. The average molecular weight is 653 g/mol. The van der Waals surface area contributed by atoms with E-state index in [0.717, 1.165) is 92.1 Å². The van der Waals surface area contributed by atoms with Gasteiger partial charge in [0, 0.05) is 57.1 Å². The molecule has 0 saturated carbocycles. The number of fused-ring (bicyclic) bond motifs is 5. The van der Waals surface area contributed by atoms with Gasteiger partial charge < -0.3 is 29.7 Å². The minimum absolute atomic E-state index is 0.143. The molecule has 2 unspecified atom stereocenters. The lowest BCUT2D eigenvalue weighted by molar-refractivity contribution is 0.0484. The molecule has 4 aliphatic rings. The van der Waals surface area contributed by atoms with E-state index in [1.54, 1.807) is 26.2 Å². The van der Waals surface area contributed by atoms with E-state index in [1.807, 2.05) is 18.3 Å². The van der Waals surface area contributed by atoms with Gasteiger partial charge in [-0.3, -0.25) is 4.90 Å². The van der Waals surface area contributed by atoms with Crippen molar-refractivity contribution in [3.63, 3.8) is 0 Å². The van der Waals surface area contributed by atoms with Crippen molar-refractivity contribution in [1.29, 1.82) is 0 Å². The maximum atomic E-state index is 12.1. The number of piperazine rings is 1. The number of aromatic hydroxyl groups is 1. The summed E-state index contributed by atoms with van der Waals surface area (Å²) in [7, 11) is 3.41. The summed E-state index contributed by atoms with van der Waals surface area (Å²) in [6.07, 6.45) is 8.68. The van der Waals surface area contributed by atoms with Crippen molar-refractivity contribution in [1.82, 2.24) is 35.1 Å². The molecule has 4 atom stereocenters. The van der Waals surface area contributed by atoms with Crippen LogP contribution in [0.1, 0.15) is 51.0 Å². The molecular weight excluding hydrogens is 608 g/mol. The molecule has 2 N–H and O–H groups in total. The molecule has 4 saturated heterocycles. The van der Waals surface area contributed by atoms with Gasteiger partial charge in [0.15, 0.2) is 11.5 Å². The lowest BCUT2D eigenvalue weighted by atomic mass is 9.95. The van der Waals surface area contributed by atoms with Gasteiger partial charge in [0.2, 0.25) is 0 Å². The number of ether oxygens (including phenoxy) is 2. The lowest BCUT2D eigenvalue weighted by Crippen LogP contribution is -2.51. The first-order chi connectivity index (χ1) is 23.3. The smallest absolute Gasteiger partial charge is 0.409 e. The van der Waals surface area contributed by atoms with E-state index in [0.29, 0.717) is 42.8 Å². The lowest BCUT2D eigenvalue weighted by Gasteiger charge is -2.35. The van der Waals surface area contributed by atoms with E-state index in [9.17, 15) is 9.90 Å². The number of benzene rings is 2. The van der Waals surface area contributed by atoms with Gasteiger partial charge in [-0.1, -0.05) is 25.1 Å². The molecule has 4 aromatic rings. The zero-order chi connectivity index (χ0) is 33.0. The van der Waals surface area contributed by atoms with Crippen LogP contribution >= 0.6 is 0 Å². The van der Waals surface area contributed by atoms with Crippen LogP contribution in [0, 0.1) is 0 Å². The van der Waals surface area contributed by atoms with Crippen molar-refractivity contribution in [3.05, 3.63) is 42.1 Å². The van der Waals surface area contributed by atoms with Gasteiger partial charge in [0.05, 0.1) is 10.9 Å². The predicted octanol–water partition coefficient (Wildman–Crippen LogP) is 4.52. The van der Waals surface area contributed by atoms with Gasteiger partial charge in [0.25, 0.3) is 0 Å². The Kier molecular flexibility index (Phi) is 7.95. The largest absolute Gasteiger partial charge is 0.508 e. The number of nitrogens with one attached hydrogen (secondary N) is 1. The highest BCUT2D eigenvalue weighted by molar-refractivity contribution is 5.99. The van der Waals surface area contributed by atoms with Crippen molar-refractivity contribution in [3.8, 4) is 23.1 Å². The van der Waals surface area contributed by atoms with Crippen LogP contribution in [0.4, 0.5) is 10.6 Å². The number of carbonyl (C=O) groups excluding carboxylic acids is 1. The summed E-state index contributed by atoms with van der Waals surface area (Å²) in [6.45, 7) is 5.62. The maximum Gasteiger partial charge on any atom is 0.409 e. The number of phenolic OH excluding ortho intramolecular Hbond substituents is 1. The zero-order valence-electron chi connectivity index (χ0n) is 28.0. The number of rotatable bonds is 8. The Morgan fingerprint density at radius 3 is 2.73 bits per heavy atom. The Balaban J connectivity index is 1.14. The second-order valence-electron chi connectivity index (χ2n) is 14.1. The first-order valence-corrected chi connectivity index (χ1v) is 17.3. The van der Waals surface area contributed by atoms with Crippen molar-refractivity contribution < 1.29 is 19.4 Å². The molecule has 8 rings (SSSR count). The van der Waals surface area contributed by atoms with Gasteiger partial charge in [-0.15, -0.1) is 0 Å². The Morgan fingerprint density at radius 1 is 1.10 bits per heavy atom. The number of amides is 1. The van der Waals surface area contributed by atoms with Crippen LogP contribution in [0.2, 0.25) is 0 Å². The molecule has 4 fully saturated rings. The van der Waals surface area contributed by atoms with Crippen LogP contribution < -0.4 is 15.0 Å².